The molecule has 15 heavy (non-hydrogen) atoms. The molecule has 0 spiro atoms. The van der Waals surface area contributed by atoms with Crippen molar-refractivity contribution in [3.8, 4) is 0 Å². The van der Waals surface area contributed by atoms with Crippen LogP contribution in [0.25, 0.3) is 0 Å². The molecule has 2 unspecified atom stereocenters. The van der Waals surface area contributed by atoms with E-state index in [2.05, 4.69) is 13.8 Å². The largest absolute Gasteiger partial charge is 0.328 e. The Morgan fingerprint density at radius 1 is 1.20 bits per heavy atom. The summed E-state index contributed by atoms with van der Waals surface area (Å²) < 4.78 is 0. The molecule has 0 amide bonds. The Labute approximate surface area is 91.4 Å². The molecule has 4 aliphatic heterocycles. The Morgan fingerprint density at radius 3 is 2.20 bits per heavy atom. The summed E-state index contributed by atoms with van der Waals surface area (Å²) in [7, 11) is 0. The number of carbonyl (C=O) groups excluding carboxylic acids is 1. The maximum absolute atomic E-state index is 12.5. The highest BCUT2D eigenvalue weighted by Gasteiger charge is 2.60. The number of hydrogen-bond acceptors (Lipinski definition) is 1. The second-order valence-corrected chi connectivity index (χ2v) is 6.13. The van der Waals surface area contributed by atoms with Gasteiger partial charge in [0.1, 0.15) is 24.4 Å². The molecule has 84 valence electrons. The lowest BCUT2D eigenvalue weighted by Gasteiger charge is -2.45. The Kier molecular flexibility index (Phi) is 1.99. The summed E-state index contributed by atoms with van der Waals surface area (Å²) in [5, 5.41) is 0. The summed E-state index contributed by atoms with van der Waals surface area (Å²) in [6.45, 7) is 11.5. The van der Waals surface area contributed by atoms with Gasteiger partial charge in [0.2, 0.25) is 0 Å². The van der Waals surface area contributed by atoms with Gasteiger partial charge < -0.3 is 9.80 Å². The molecule has 0 saturated carbocycles. The van der Waals surface area contributed by atoms with Crippen molar-refractivity contribution < 1.29 is 14.6 Å². The van der Waals surface area contributed by atoms with Crippen LogP contribution in [0.5, 0.6) is 0 Å². The highest BCUT2D eigenvalue weighted by Crippen LogP contribution is 2.33. The zero-order chi connectivity index (χ0) is 10.6. The molecule has 4 saturated heterocycles. The topological polar surface area (TPSA) is 26.0 Å². The first-order valence-electron chi connectivity index (χ1n) is 6.33. The van der Waals surface area contributed by atoms with Crippen molar-refractivity contribution in [3.05, 3.63) is 0 Å². The van der Waals surface area contributed by atoms with Crippen LogP contribution in [-0.2, 0) is 4.79 Å². The van der Waals surface area contributed by atoms with Gasteiger partial charge >= 0.3 is 0 Å². The summed E-state index contributed by atoms with van der Waals surface area (Å²) in [5.41, 5.74) is 0.0301. The standard InChI is InChI=1S/C12H20N2O/c1-9(2)12-7-13-3-4-14(8-12)6-10(5-13)11(12)15/h9-10H,3-8H2,1-2H3/p+2. The van der Waals surface area contributed by atoms with Gasteiger partial charge in [-0.1, -0.05) is 13.8 Å². The van der Waals surface area contributed by atoms with Crippen molar-refractivity contribution in [2.24, 2.45) is 17.3 Å². The van der Waals surface area contributed by atoms with Gasteiger partial charge in [0.25, 0.3) is 0 Å². The van der Waals surface area contributed by atoms with Gasteiger partial charge in [-0.3, -0.25) is 4.79 Å². The van der Waals surface area contributed by atoms with E-state index in [9.17, 15) is 4.79 Å². The number of carbonyl (C=O) groups is 1. The number of ketones is 1. The van der Waals surface area contributed by atoms with Crippen LogP contribution < -0.4 is 9.80 Å². The first kappa shape index (κ1) is 9.79. The van der Waals surface area contributed by atoms with Crippen LogP contribution in [-0.4, -0.2) is 45.1 Å². The van der Waals surface area contributed by atoms with Crippen LogP contribution >= 0.6 is 0 Å². The van der Waals surface area contributed by atoms with E-state index in [1.54, 1.807) is 9.80 Å². The molecule has 0 aromatic carbocycles. The van der Waals surface area contributed by atoms with Crippen LogP contribution in [0.1, 0.15) is 13.8 Å². The van der Waals surface area contributed by atoms with Gasteiger partial charge in [0.05, 0.1) is 26.2 Å². The predicted molar refractivity (Wildman–Crippen MR) is 56.9 cm³/mol. The van der Waals surface area contributed by atoms with Crippen LogP contribution in [0.15, 0.2) is 0 Å². The first-order chi connectivity index (χ1) is 7.12. The molecule has 0 aromatic rings. The number of hydrogen-bond donors (Lipinski definition) is 2. The highest BCUT2D eigenvalue weighted by molar-refractivity contribution is 5.88. The molecule has 4 fully saturated rings. The number of piperidine rings is 2. The fourth-order valence-electron chi connectivity index (χ4n) is 4.06. The predicted octanol–water partition coefficient (Wildman–Crippen LogP) is -2.38. The molecule has 3 nitrogen and oxygen atoms in total. The monoisotopic (exact) mass is 210 g/mol. The average molecular weight is 210 g/mol. The third-order valence-electron chi connectivity index (χ3n) is 5.00. The fourth-order valence-corrected chi connectivity index (χ4v) is 4.06. The lowest BCUT2D eigenvalue weighted by molar-refractivity contribution is -0.918. The number of rotatable bonds is 1. The normalized spacial score (nSPS) is 48.7. The van der Waals surface area contributed by atoms with Crippen LogP contribution in [0.4, 0.5) is 0 Å². The van der Waals surface area contributed by atoms with E-state index in [1.165, 1.54) is 13.1 Å². The Bertz CT molecular complexity index is 284. The van der Waals surface area contributed by atoms with Crippen LogP contribution in [0.3, 0.4) is 0 Å². The molecular formula is C12H22N2O+2. The average Bonchev–Trinajstić information content (AvgIpc) is 2.41. The van der Waals surface area contributed by atoms with E-state index in [4.69, 9.17) is 0 Å². The Balaban J connectivity index is 2.03. The third-order valence-corrected chi connectivity index (χ3v) is 5.00. The van der Waals surface area contributed by atoms with Crippen molar-refractivity contribution in [2.75, 3.05) is 39.3 Å². The lowest BCUT2D eigenvalue weighted by atomic mass is 9.65. The molecule has 3 heteroatoms. The SMILES string of the molecule is CC(C)C12C[NH+]3CC[NH+](CC(C3)C1=O)C2. The summed E-state index contributed by atoms with van der Waals surface area (Å²) in [6, 6.07) is 0. The van der Waals surface area contributed by atoms with Gasteiger partial charge in [-0.05, 0) is 5.92 Å². The minimum Gasteiger partial charge on any atom is -0.328 e. The minimum absolute atomic E-state index is 0.0301. The fraction of sp³-hybridized carbons (Fsp3) is 0.917. The smallest absolute Gasteiger partial charge is 0.165 e. The number of fused-ring (bicyclic) bond motifs is 1. The summed E-state index contributed by atoms with van der Waals surface area (Å²) in [5.74, 6) is 1.51. The highest BCUT2D eigenvalue weighted by atomic mass is 16.1. The maximum Gasteiger partial charge on any atom is 0.165 e. The molecule has 0 radical (unpaired) electrons. The van der Waals surface area contributed by atoms with E-state index < -0.39 is 0 Å². The molecule has 0 aliphatic carbocycles. The van der Waals surface area contributed by atoms with Crippen molar-refractivity contribution in [1.29, 1.82) is 0 Å². The Morgan fingerprint density at radius 2 is 1.73 bits per heavy atom. The quantitative estimate of drug-likeness (QED) is 0.497. The van der Waals surface area contributed by atoms with Gasteiger partial charge in [0, 0.05) is 0 Å². The van der Waals surface area contributed by atoms with Crippen molar-refractivity contribution >= 4 is 5.78 Å². The third kappa shape index (κ3) is 1.23. The molecule has 4 rings (SSSR count). The zero-order valence-electron chi connectivity index (χ0n) is 9.81. The summed E-state index contributed by atoms with van der Waals surface area (Å²) in [6.07, 6.45) is 0. The van der Waals surface area contributed by atoms with Gasteiger partial charge in [-0.2, -0.15) is 0 Å². The van der Waals surface area contributed by atoms with Crippen molar-refractivity contribution in [3.63, 3.8) is 0 Å². The maximum atomic E-state index is 12.5. The molecule has 2 atom stereocenters. The van der Waals surface area contributed by atoms with Gasteiger partial charge in [-0.15, -0.1) is 0 Å². The van der Waals surface area contributed by atoms with Crippen LogP contribution in [0, 0.1) is 17.3 Å². The van der Waals surface area contributed by atoms with E-state index in [-0.39, 0.29) is 5.41 Å². The Hall–Kier alpha value is -0.410. The second kappa shape index (κ2) is 3.05. The van der Waals surface area contributed by atoms with E-state index in [1.807, 2.05) is 0 Å². The van der Waals surface area contributed by atoms with Crippen molar-refractivity contribution in [2.45, 2.75) is 13.8 Å². The molecule has 2 N–H and O–H groups in total. The lowest BCUT2D eigenvalue weighted by Crippen LogP contribution is -3.17. The zero-order valence-corrected chi connectivity index (χ0v) is 9.81. The van der Waals surface area contributed by atoms with Gasteiger partial charge in [0.15, 0.2) is 5.78 Å². The number of Topliss-reactive ketones (excluding diaryl/α,β-unsaturated/α-hetero) is 1. The first-order valence-corrected chi connectivity index (χ1v) is 6.33. The second-order valence-electron chi connectivity index (χ2n) is 6.13. The molecule has 4 bridgehead atoms. The van der Waals surface area contributed by atoms with Gasteiger partial charge in [-0.25, -0.2) is 0 Å². The summed E-state index contributed by atoms with van der Waals surface area (Å²) >= 11 is 0. The minimum atomic E-state index is 0.0301. The number of nitrogens with one attached hydrogen (secondary N) is 2. The van der Waals surface area contributed by atoms with Crippen LogP contribution in [0.2, 0.25) is 0 Å². The van der Waals surface area contributed by atoms with E-state index >= 15 is 0 Å². The molecule has 4 heterocycles. The van der Waals surface area contributed by atoms with E-state index in [0.717, 1.165) is 26.2 Å². The van der Waals surface area contributed by atoms with Crippen molar-refractivity contribution in [1.82, 2.24) is 0 Å². The summed E-state index contributed by atoms with van der Waals surface area (Å²) in [4.78, 5) is 15.9. The molecule has 4 aliphatic rings. The molecular weight excluding hydrogens is 188 g/mol. The van der Waals surface area contributed by atoms with E-state index in [0.29, 0.717) is 17.6 Å². The number of quaternary nitrogens is 2. The molecule has 0 aromatic heterocycles.